The minimum atomic E-state index is -0.196. The van der Waals surface area contributed by atoms with Gasteiger partial charge in [0.05, 0.1) is 13.2 Å². The summed E-state index contributed by atoms with van der Waals surface area (Å²) >= 11 is 3.43. The summed E-state index contributed by atoms with van der Waals surface area (Å²) in [4.78, 5) is 11.5. The zero-order chi connectivity index (χ0) is 13.9. The van der Waals surface area contributed by atoms with Gasteiger partial charge in [0.15, 0.2) is 0 Å². The second-order valence-electron chi connectivity index (χ2n) is 3.89. The van der Waals surface area contributed by atoms with Crippen molar-refractivity contribution >= 4 is 22.0 Å². The number of ether oxygens (including phenoxy) is 1. The molecule has 0 aliphatic heterocycles. The Hall–Kier alpha value is -1.11. The van der Waals surface area contributed by atoms with Crippen molar-refractivity contribution in [2.24, 2.45) is 0 Å². The average molecular weight is 331 g/mol. The molecule has 106 valence electrons. The quantitative estimate of drug-likeness (QED) is 0.635. The highest BCUT2D eigenvalue weighted by molar-refractivity contribution is 9.10. The lowest BCUT2D eigenvalue weighted by Gasteiger charge is -2.09. The Morgan fingerprint density at radius 1 is 1.26 bits per heavy atom. The largest absolute Gasteiger partial charge is 0.394 e. The van der Waals surface area contributed by atoms with Gasteiger partial charge in [0.25, 0.3) is 0 Å². The van der Waals surface area contributed by atoms with Crippen LogP contribution in [0.5, 0.6) is 0 Å². The molecule has 0 heterocycles. The summed E-state index contributed by atoms with van der Waals surface area (Å²) in [6, 6.07) is 7.55. The molecule has 0 aliphatic carbocycles. The normalized spacial score (nSPS) is 10.2. The summed E-state index contributed by atoms with van der Waals surface area (Å²) in [6.45, 7) is 1.93. The van der Waals surface area contributed by atoms with Crippen LogP contribution in [0.25, 0.3) is 0 Å². The number of aliphatic hydroxyl groups is 1. The van der Waals surface area contributed by atoms with Crippen LogP contribution in [0.1, 0.15) is 12.0 Å². The van der Waals surface area contributed by atoms with Crippen LogP contribution >= 0.6 is 15.9 Å². The Kier molecular flexibility index (Phi) is 8.20. The predicted octanol–water partition coefficient (Wildman–Crippen LogP) is 1.65. The summed E-state index contributed by atoms with van der Waals surface area (Å²) < 4.78 is 6.06. The minimum Gasteiger partial charge on any atom is -0.394 e. The van der Waals surface area contributed by atoms with Crippen molar-refractivity contribution in [2.75, 3.05) is 26.4 Å². The number of halogens is 1. The molecule has 0 aliphatic rings. The third-order valence-corrected chi connectivity index (χ3v) is 3.16. The Morgan fingerprint density at radius 3 is 2.79 bits per heavy atom. The van der Waals surface area contributed by atoms with E-state index in [1.807, 2.05) is 24.3 Å². The van der Waals surface area contributed by atoms with Crippen molar-refractivity contribution in [3.05, 3.63) is 34.3 Å². The summed E-state index contributed by atoms with van der Waals surface area (Å²) in [6.07, 6.45) is 0.725. The van der Waals surface area contributed by atoms with E-state index in [1.54, 1.807) is 0 Å². The number of nitrogens with one attached hydrogen (secondary N) is 2. The summed E-state index contributed by atoms with van der Waals surface area (Å²) in [7, 11) is 0. The molecule has 3 N–H and O–H groups in total. The Morgan fingerprint density at radius 2 is 2.05 bits per heavy atom. The molecular formula is C13H19BrN2O3. The van der Waals surface area contributed by atoms with Gasteiger partial charge in [0, 0.05) is 24.2 Å². The number of aliphatic hydroxyl groups excluding tert-OH is 1. The number of rotatable bonds is 8. The van der Waals surface area contributed by atoms with Crippen LogP contribution in [0.3, 0.4) is 0 Å². The van der Waals surface area contributed by atoms with Crippen molar-refractivity contribution in [3.8, 4) is 0 Å². The summed E-state index contributed by atoms with van der Waals surface area (Å²) in [5.74, 6) is 0. The van der Waals surface area contributed by atoms with E-state index in [2.05, 4.69) is 26.6 Å². The molecule has 1 aromatic rings. The van der Waals surface area contributed by atoms with Crippen LogP contribution in [0.4, 0.5) is 4.79 Å². The fourth-order valence-electron chi connectivity index (χ4n) is 1.42. The van der Waals surface area contributed by atoms with Gasteiger partial charge in [-0.1, -0.05) is 34.1 Å². The van der Waals surface area contributed by atoms with Crippen molar-refractivity contribution in [1.29, 1.82) is 0 Å². The van der Waals surface area contributed by atoms with E-state index in [0.717, 1.165) is 16.5 Å². The van der Waals surface area contributed by atoms with Crippen LogP contribution in [0, 0.1) is 0 Å². The standard InChI is InChI=1S/C13H19BrN2O3/c14-12-5-2-1-4-11(12)10-16-13(18)15-6-3-8-19-9-7-17/h1-2,4-5,17H,3,6-10H2,(H2,15,16,18). The molecule has 0 saturated heterocycles. The summed E-state index contributed by atoms with van der Waals surface area (Å²) in [5.41, 5.74) is 1.03. The van der Waals surface area contributed by atoms with E-state index in [1.165, 1.54) is 0 Å². The maximum Gasteiger partial charge on any atom is 0.315 e. The number of hydrogen-bond donors (Lipinski definition) is 3. The SMILES string of the molecule is O=C(NCCCOCCO)NCc1ccccc1Br. The van der Waals surface area contributed by atoms with Crippen LogP contribution in [-0.2, 0) is 11.3 Å². The summed E-state index contributed by atoms with van der Waals surface area (Å²) in [5, 5.41) is 14.0. The lowest BCUT2D eigenvalue weighted by molar-refractivity contribution is 0.0910. The highest BCUT2D eigenvalue weighted by atomic mass is 79.9. The van der Waals surface area contributed by atoms with Gasteiger partial charge in [-0.2, -0.15) is 0 Å². The van der Waals surface area contributed by atoms with E-state index in [-0.39, 0.29) is 12.6 Å². The third kappa shape index (κ3) is 7.15. The van der Waals surface area contributed by atoms with Crippen molar-refractivity contribution < 1.29 is 14.6 Å². The molecule has 6 heteroatoms. The van der Waals surface area contributed by atoms with Crippen LogP contribution in [0.2, 0.25) is 0 Å². The third-order valence-electron chi connectivity index (χ3n) is 2.38. The lowest BCUT2D eigenvalue weighted by Crippen LogP contribution is -2.36. The van der Waals surface area contributed by atoms with Crippen LogP contribution in [-0.4, -0.2) is 37.5 Å². The van der Waals surface area contributed by atoms with E-state index in [9.17, 15) is 4.79 Å². The van der Waals surface area contributed by atoms with E-state index in [4.69, 9.17) is 9.84 Å². The molecule has 0 atom stereocenters. The molecule has 19 heavy (non-hydrogen) atoms. The minimum absolute atomic E-state index is 0.0276. The fraction of sp³-hybridized carbons (Fsp3) is 0.462. The maximum atomic E-state index is 11.5. The highest BCUT2D eigenvalue weighted by Gasteiger charge is 2.02. The molecule has 0 fully saturated rings. The first-order valence-corrected chi connectivity index (χ1v) is 6.97. The van der Waals surface area contributed by atoms with Gasteiger partial charge in [-0.25, -0.2) is 4.79 Å². The lowest BCUT2D eigenvalue weighted by atomic mass is 10.2. The van der Waals surface area contributed by atoms with Crippen molar-refractivity contribution in [3.63, 3.8) is 0 Å². The maximum absolute atomic E-state index is 11.5. The van der Waals surface area contributed by atoms with Crippen molar-refractivity contribution in [1.82, 2.24) is 10.6 Å². The van der Waals surface area contributed by atoms with E-state index < -0.39 is 0 Å². The predicted molar refractivity (Wildman–Crippen MR) is 76.9 cm³/mol. The second kappa shape index (κ2) is 9.77. The Labute approximate surface area is 121 Å². The smallest absolute Gasteiger partial charge is 0.315 e. The topological polar surface area (TPSA) is 70.6 Å². The van der Waals surface area contributed by atoms with E-state index in [0.29, 0.717) is 26.3 Å². The van der Waals surface area contributed by atoms with Gasteiger partial charge in [-0.15, -0.1) is 0 Å². The molecular weight excluding hydrogens is 312 g/mol. The molecule has 0 saturated carbocycles. The number of amides is 2. The molecule has 2 amide bonds. The number of carbonyl (C=O) groups excluding carboxylic acids is 1. The Balaban J connectivity index is 2.10. The van der Waals surface area contributed by atoms with Crippen LogP contribution in [0.15, 0.2) is 28.7 Å². The number of benzene rings is 1. The Bertz CT molecular complexity index is 388. The average Bonchev–Trinajstić information content (AvgIpc) is 2.42. The molecule has 5 nitrogen and oxygen atoms in total. The second-order valence-corrected chi connectivity index (χ2v) is 4.74. The zero-order valence-electron chi connectivity index (χ0n) is 10.7. The molecule has 1 aromatic carbocycles. The molecule has 0 aromatic heterocycles. The number of urea groups is 1. The van der Waals surface area contributed by atoms with Gasteiger partial charge in [-0.3, -0.25) is 0 Å². The van der Waals surface area contributed by atoms with Crippen LogP contribution < -0.4 is 10.6 Å². The molecule has 1 rings (SSSR count). The molecule has 0 radical (unpaired) electrons. The zero-order valence-corrected chi connectivity index (χ0v) is 12.3. The number of hydrogen-bond acceptors (Lipinski definition) is 3. The van der Waals surface area contributed by atoms with E-state index >= 15 is 0 Å². The first kappa shape index (κ1) is 15.9. The number of carbonyl (C=O) groups is 1. The first-order valence-electron chi connectivity index (χ1n) is 6.17. The van der Waals surface area contributed by atoms with Gasteiger partial charge in [-0.05, 0) is 18.1 Å². The van der Waals surface area contributed by atoms with Crippen molar-refractivity contribution in [2.45, 2.75) is 13.0 Å². The highest BCUT2D eigenvalue weighted by Crippen LogP contribution is 2.15. The molecule has 0 bridgehead atoms. The van der Waals surface area contributed by atoms with Gasteiger partial charge in [0.2, 0.25) is 0 Å². The van der Waals surface area contributed by atoms with Gasteiger partial charge >= 0.3 is 6.03 Å². The molecule has 0 unspecified atom stereocenters. The van der Waals surface area contributed by atoms with Gasteiger partial charge < -0.3 is 20.5 Å². The fourth-order valence-corrected chi connectivity index (χ4v) is 1.85. The van der Waals surface area contributed by atoms with Gasteiger partial charge in [0.1, 0.15) is 0 Å². The molecule has 0 spiro atoms. The monoisotopic (exact) mass is 330 g/mol. The first-order chi connectivity index (χ1) is 9.24.